The summed E-state index contributed by atoms with van der Waals surface area (Å²) < 4.78 is 68.7. The smallest absolute Gasteiger partial charge is 0.462 e. The summed E-state index contributed by atoms with van der Waals surface area (Å²) in [5, 5.41) is 10.6. The molecular weight excluding hydrogens is 1330 g/mol. The molecule has 3 unspecified atom stereocenters. The van der Waals surface area contributed by atoms with E-state index in [0.717, 1.165) is 108 Å². The number of carbonyl (C=O) groups excluding carboxylic acids is 4. The molecule has 0 saturated carbocycles. The van der Waals surface area contributed by atoms with Crippen LogP contribution in [0, 0.1) is 17.8 Å². The fourth-order valence-electron chi connectivity index (χ4n) is 12.8. The highest BCUT2D eigenvalue weighted by Crippen LogP contribution is 2.45. The zero-order valence-corrected chi connectivity index (χ0v) is 68.9. The first-order valence-electron chi connectivity index (χ1n) is 42.9. The van der Waals surface area contributed by atoms with Gasteiger partial charge in [-0.2, -0.15) is 0 Å². The van der Waals surface area contributed by atoms with Gasteiger partial charge in [-0.3, -0.25) is 37.3 Å². The van der Waals surface area contributed by atoms with E-state index in [1.807, 2.05) is 0 Å². The molecule has 0 aromatic heterocycles. The van der Waals surface area contributed by atoms with Gasteiger partial charge in [-0.05, 0) is 43.4 Å². The van der Waals surface area contributed by atoms with Crippen molar-refractivity contribution < 1.29 is 80.2 Å². The lowest BCUT2D eigenvalue weighted by molar-refractivity contribution is -0.161. The summed E-state index contributed by atoms with van der Waals surface area (Å²) in [5.74, 6) is 0.319. The Labute approximate surface area is 626 Å². The molecule has 19 heteroatoms. The van der Waals surface area contributed by atoms with Crippen LogP contribution in [0.5, 0.6) is 0 Å². The highest BCUT2D eigenvalue weighted by molar-refractivity contribution is 7.47. The monoisotopic (exact) mass is 1490 g/mol. The Bertz CT molecular complexity index is 1980. The number of phosphoric acid groups is 2. The van der Waals surface area contributed by atoms with Gasteiger partial charge in [-0.1, -0.05) is 382 Å². The maximum atomic E-state index is 13.1. The molecule has 17 nitrogen and oxygen atoms in total. The van der Waals surface area contributed by atoms with Crippen molar-refractivity contribution >= 4 is 39.5 Å². The second-order valence-electron chi connectivity index (χ2n) is 31.1. The standard InChI is InChI=1S/C83H162O17P2/c1-8-10-11-12-13-33-43-50-57-64-80(85)93-70-78(100-83(88)67-60-53-46-39-32-31-35-41-48-55-62-75(5)6)72-97-101(89,90)95-68-77(84)69-96-102(91,92)98-73-79(71-94-81(86)65-58-51-44-37-29-25-22-18-19-23-27-34-40-47-54-61-74(3)4)99-82(87)66-59-52-45-38-30-26-21-17-15-14-16-20-24-28-36-42-49-56-63-76(7)9-2/h74-79,84H,8-73H2,1-7H3,(H,89,90)(H,91,92)/t76?,77-,78+,79+/m0/s1. The van der Waals surface area contributed by atoms with Gasteiger partial charge in [0.15, 0.2) is 12.2 Å². The Morgan fingerprint density at radius 3 is 0.745 bits per heavy atom. The number of carbonyl (C=O) groups is 4. The van der Waals surface area contributed by atoms with Crippen molar-refractivity contribution in [3.8, 4) is 0 Å². The Hall–Kier alpha value is -1.94. The van der Waals surface area contributed by atoms with Crippen LogP contribution in [-0.2, 0) is 65.4 Å². The first kappa shape index (κ1) is 100. The molecular formula is C83H162O17P2. The van der Waals surface area contributed by atoms with Crippen molar-refractivity contribution in [1.82, 2.24) is 0 Å². The normalized spacial score (nSPS) is 14.2. The number of hydrogen-bond donors (Lipinski definition) is 3. The first-order valence-corrected chi connectivity index (χ1v) is 45.9. The molecule has 0 amide bonds. The predicted molar refractivity (Wildman–Crippen MR) is 418 cm³/mol. The van der Waals surface area contributed by atoms with Crippen LogP contribution in [-0.4, -0.2) is 96.7 Å². The van der Waals surface area contributed by atoms with Gasteiger partial charge in [0.2, 0.25) is 0 Å². The van der Waals surface area contributed by atoms with Gasteiger partial charge >= 0.3 is 39.5 Å². The number of esters is 4. The molecule has 606 valence electrons. The molecule has 0 rings (SSSR count). The van der Waals surface area contributed by atoms with Crippen LogP contribution in [0.25, 0.3) is 0 Å². The molecule has 0 aromatic rings. The van der Waals surface area contributed by atoms with E-state index in [9.17, 15) is 43.2 Å². The first-order chi connectivity index (χ1) is 49.3. The zero-order chi connectivity index (χ0) is 75.1. The molecule has 102 heavy (non-hydrogen) atoms. The van der Waals surface area contributed by atoms with E-state index in [1.165, 1.54) is 244 Å². The largest absolute Gasteiger partial charge is 0.472 e. The van der Waals surface area contributed by atoms with Crippen LogP contribution in [0.15, 0.2) is 0 Å². The molecule has 3 N–H and O–H groups in total. The maximum absolute atomic E-state index is 13.1. The van der Waals surface area contributed by atoms with E-state index < -0.39 is 97.5 Å². The summed E-state index contributed by atoms with van der Waals surface area (Å²) in [6.07, 6.45) is 62.5. The summed E-state index contributed by atoms with van der Waals surface area (Å²) in [5.41, 5.74) is 0. The molecule has 0 aliphatic rings. The number of ether oxygens (including phenoxy) is 4. The maximum Gasteiger partial charge on any atom is 0.472 e. The summed E-state index contributed by atoms with van der Waals surface area (Å²) in [4.78, 5) is 73.0. The number of rotatable bonds is 81. The van der Waals surface area contributed by atoms with E-state index in [2.05, 4.69) is 48.5 Å². The molecule has 6 atom stereocenters. The molecule has 0 aromatic carbocycles. The minimum atomic E-state index is -4.96. The van der Waals surface area contributed by atoms with Crippen LogP contribution in [0.3, 0.4) is 0 Å². The third-order valence-corrected chi connectivity index (χ3v) is 21.6. The van der Waals surface area contributed by atoms with Crippen molar-refractivity contribution in [3.63, 3.8) is 0 Å². The topological polar surface area (TPSA) is 237 Å². The number of unbranched alkanes of at least 4 members (excludes halogenated alkanes) is 48. The lowest BCUT2D eigenvalue weighted by Crippen LogP contribution is -2.30. The van der Waals surface area contributed by atoms with Gasteiger partial charge in [0.05, 0.1) is 26.4 Å². The molecule has 0 radical (unpaired) electrons. The van der Waals surface area contributed by atoms with E-state index in [1.54, 1.807) is 0 Å². The van der Waals surface area contributed by atoms with Gasteiger partial charge in [-0.15, -0.1) is 0 Å². The van der Waals surface area contributed by atoms with Crippen molar-refractivity contribution in [2.24, 2.45) is 17.8 Å². The number of aliphatic hydroxyl groups is 1. The van der Waals surface area contributed by atoms with Crippen molar-refractivity contribution in [1.29, 1.82) is 0 Å². The summed E-state index contributed by atoms with van der Waals surface area (Å²) in [6.45, 7) is 12.0. The molecule has 0 saturated heterocycles. The fourth-order valence-corrected chi connectivity index (χ4v) is 14.4. The van der Waals surface area contributed by atoms with Gasteiger partial charge in [0.25, 0.3) is 0 Å². The Morgan fingerprint density at radius 2 is 0.500 bits per heavy atom. The highest BCUT2D eigenvalue weighted by atomic mass is 31.2. The third-order valence-electron chi connectivity index (χ3n) is 19.7. The van der Waals surface area contributed by atoms with Crippen LogP contribution in [0.2, 0.25) is 0 Å². The molecule has 0 bridgehead atoms. The van der Waals surface area contributed by atoms with E-state index >= 15 is 0 Å². The Kier molecular flexibility index (Phi) is 71.8. The highest BCUT2D eigenvalue weighted by Gasteiger charge is 2.30. The molecule has 0 spiro atoms. The van der Waals surface area contributed by atoms with Crippen molar-refractivity contribution in [2.45, 2.75) is 452 Å². The quantitative estimate of drug-likeness (QED) is 0.0222. The van der Waals surface area contributed by atoms with Gasteiger partial charge in [-0.25, -0.2) is 9.13 Å². The molecule has 0 heterocycles. The number of phosphoric ester groups is 2. The predicted octanol–water partition coefficient (Wildman–Crippen LogP) is 24.9. The lowest BCUT2D eigenvalue weighted by atomic mass is 9.99. The average molecular weight is 1490 g/mol. The van der Waals surface area contributed by atoms with Crippen LogP contribution in [0.1, 0.15) is 434 Å². The molecule has 0 fully saturated rings. The number of aliphatic hydroxyl groups excluding tert-OH is 1. The van der Waals surface area contributed by atoms with Crippen molar-refractivity contribution in [3.05, 3.63) is 0 Å². The van der Waals surface area contributed by atoms with Crippen LogP contribution >= 0.6 is 15.6 Å². The molecule has 0 aliphatic heterocycles. The average Bonchev–Trinajstić information content (AvgIpc) is 1.01. The van der Waals surface area contributed by atoms with Crippen LogP contribution in [0.4, 0.5) is 0 Å². The fraction of sp³-hybridized carbons (Fsp3) is 0.952. The lowest BCUT2D eigenvalue weighted by Gasteiger charge is -2.21. The van der Waals surface area contributed by atoms with E-state index in [0.29, 0.717) is 25.7 Å². The van der Waals surface area contributed by atoms with Gasteiger partial charge < -0.3 is 33.8 Å². The Morgan fingerprint density at radius 1 is 0.284 bits per heavy atom. The van der Waals surface area contributed by atoms with Gasteiger partial charge in [0, 0.05) is 25.7 Å². The van der Waals surface area contributed by atoms with Gasteiger partial charge in [0.1, 0.15) is 19.3 Å². The van der Waals surface area contributed by atoms with Crippen LogP contribution < -0.4 is 0 Å². The second-order valence-corrected chi connectivity index (χ2v) is 34.0. The third kappa shape index (κ3) is 74.9. The summed E-state index contributed by atoms with van der Waals surface area (Å²) in [7, 11) is -9.92. The zero-order valence-electron chi connectivity index (χ0n) is 67.1. The van der Waals surface area contributed by atoms with Crippen molar-refractivity contribution in [2.75, 3.05) is 39.6 Å². The van der Waals surface area contributed by atoms with E-state index in [4.69, 9.17) is 37.0 Å². The summed E-state index contributed by atoms with van der Waals surface area (Å²) >= 11 is 0. The second kappa shape index (κ2) is 73.2. The number of hydrogen-bond acceptors (Lipinski definition) is 15. The SMILES string of the molecule is CCCCCCCCCCCC(=O)OC[C@H](COP(=O)(O)OC[C@H](O)COP(=O)(O)OC[C@@H](COC(=O)CCCCCCCCCCCCCCCCCC(C)C)OC(=O)CCCCCCCCCCCCCCCCCCCCC(C)CC)OC(=O)CCCCCCCCCCCCC(C)C. The minimum Gasteiger partial charge on any atom is -0.462 e. The molecule has 0 aliphatic carbocycles. The summed E-state index contributed by atoms with van der Waals surface area (Å²) in [6, 6.07) is 0. The van der Waals surface area contributed by atoms with E-state index in [-0.39, 0.29) is 25.7 Å². The Balaban J connectivity index is 5.20. The minimum absolute atomic E-state index is 0.106.